The number of carboxylic acid groups (broad SMARTS) is 16. The molecule has 0 saturated carbocycles. The molecule has 51 heteroatoms. The Morgan fingerprint density at radius 2 is 0.361 bits per heavy atom. The molecule has 0 fully saturated rings. The van der Waals surface area contributed by atoms with Crippen molar-refractivity contribution in [1.82, 2.24) is 0 Å². The van der Waals surface area contributed by atoms with E-state index in [9.17, 15) is 86.9 Å². The Labute approximate surface area is 578 Å². The molecule has 0 unspecified atom stereocenters. The van der Waals surface area contributed by atoms with Crippen molar-refractivity contribution in [2.75, 3.05) is 63.9 Å². The predicted molar refractivity (Wildman–Crippen MR) is 342 cm³/mol. The number of hydrogen-bond acceptors (Lipinski definition) is 36. The van der Waals surface area contributed by atoms with Crippen LogP contribution in [0.2, 0.25) is 0 Å². The fourth-order valence-corrected chi connectivity index (χ4v) is 1.66. The van der Waals surface area contributed by atoms with Gasteiger partial charge in [0.1, 0.15) is 36.3 Å². The van der Waals surface area contributed by atoms with Crippen LogP contribution in [0.5, 0.6) is 0 Å². The third-order valence-corrected chi connectivity index (χ3v) is 6.83. The fourth-order valence-electron chi connectivity index (χ4n) is 1.37. The van der Waals surface area contributed by atoms with E-state index in [1.54, 1.807) is 0 Å². The number of carbonyl (C=O) groups is 16. The summed E-state index contributed by atoms with van der Waals surface area (Å²) in [5.41, 5.74) is 76.1. The van der Waals surface area contributed by atoms with Crippen molar-refractivity contribution in [3.8, 4) is 0 Å². The Morgan fingerprint density at radius 3 is 0.371 bits per heavy atom. The van der Waals surface area contributed by atoms with Gasteiger partial charge < -0.3 is 183 Å². The summed E-state index contributed by atoms with van der Waals surface area (Å²) < 4.78 is 0. The van der Waals surface area contributed by atoms with Gasteiger partial charge in [-0.15, -0.1) is 0 Å². The molecule has 0 aromatic heterocycles. The van der Waals surface area contributed by atoms with Gasteiger partial charge in [0.15, 0.2) is 0 Å². The van der Waals surface area contributed by atoms with E-state index in [0.29, 0.717) is 24.7 Å². The first-order chi connectivity index (χ1) is 43.2. The normalized spacial score (nSPS) is 10.9. The SMILES string of the molecule is CC(C)C[C@H](N)C(=O)O.CC(C)C[C@H](N)C(=O)O.C[C@H](N)C(=O)O.C[C@H](N)C(=O)O.C[C@H](N)C(=O)O.C[C@H](N)C(=O)O.NCC(=O)O.NCC(=O)O.NCC(=O)O.NCC(=O)O.NCC(=O)O.NCC(=O)O.NCC(=O)O.NCC(=O)O.N[C@@H](CS)C(=O)[O-].N[C@@H](CS)C(=O)[O-].[Cu+2]. The second-order valence-corrected chi connectivity index (χ2v) is 17.4. The summed E-state index contributed by atoms with van der Waals surface area (Å²) in [5.74, 6) is -15.0. The summed E-state index contributed by atoms with van der Waals surface area (Å²) in [7, 11) is 0. The van der Waals surface area contributed by atoms with Crippen LogP contribution in [0.25, 0.3) is 0 Å². The average Bonchev–Trinajstić information content (AvgIpc) is 3.48. The first-order valence-corrected chi connectivity index (χ1v) is 26.8. The Bertz CT molecular complexity index is 1760. The molecule has 0 heterocycles. The zero-order valence-electron chi connectivity index (χ0n) is 54.3. The maximum absolute atomic E-state index is 10.1. The van der Waals surface area contributed by atoms with Crippen LogP contribution in [0.1, 0.15) is 68.2 Å². The Kier molecular flexibility index (Phi) is 136. The van der Waals surface area contributed by atoms with E-state index < -0.39 is 144 Å². The van der Waals surface area contributed by atoms with E-state index in [0.717, 1.165) is 0 Å². The van der Waals surface area contributed by atoms with Crippen molar-refractivity contribution in [2.24, 2.45) is 104 Å². The minimum absolute atomic E-state index is 0. The Balaban J connectivity index is -0.0000000471. The van der Waals surface area contributed by atoms with E-state index >= 15 is 0 Å². The van der Waals surface area contributed by atoms with Gasteiger partial charge in [-0.25, -0.2) is 0 Å². The van der Waals surface area contributed by atoms with E-state index in [1.807, 2.05) is 27.7 Å². The predicted octanol–water partition coefficient (Wildman–Crippen LogP) is -13.2. The molecule has 0 aromatic rings. The van der Waals surface area contributed by atoms with Crippen molar-refractivity contribution in [3.05, 3.63) is 0 Å². The van der Waals surface area contributed by atoms with Gasteiger partial charge in [-0.05, 0) is 52.4 Å². The van der Waals surface area contributed by atoms with Crippen LogP contribution in [0, 0.1) is 11.8 Å². The van der Waals surface area contributed by atoms with Crippen LogP contribution < -0.4 is 102 Å². The molecule has 0 amide bonds. The molecule has 1 radical (unpaired) electrons. The molecule has 0 aliphatic carbocycles. The number of carbonyl (C=O) groups excluding carboxylic acids is 2. The first kappa shape index (κ1) is 133. The van der Waals surface area contributed by atoms with Crippen LogP contribution in [-0.4, -0.2) is 279 Å². The molecule has 8 atom stereocenters. The number of hydrogen-bond donors (Lipinski definition) is 32. The third kappa shape index (κ3) is 241. The zero-order chi connectivity index (χ0) is 81.5. The molecule has 0 rings (SSSR count). The van der Waals surface area contributed by atoms with Crippen LogP contribution in [0.4, 0.5) is 0 Å². The molecule has 585 valence electrons. The monoisotopic (exact) mass is 1520 g/mol. The third-order valence-electron chi connectivity index (χ3n) is 6.04. The Hall–Kier alpha value is -7.90. The standard InChI is InChI=1S/2C6H13NO2.2C3H7NO2S.4C3H7NO2.8C2H5NO2.Cu/c2*1-4(2)3-5(7)6(8)9;2*4-2(1-7)3(5)6;4*1-2(4)3(5)6;8*3-1-2(4)5;/h2*4-5H,3,7H2,1-2H3,(H,8,9);2*2,7H,1,4H2,(H,5,6);4*2H,4H2,1H3,(H,5,6);8*1,3H2,(H,4,5);/q;;;;;;;;;;;;;;;;+2/p-2/t2*5-;6*2-;;;;;;;;;/m00000000........./s1. The van der Waals surface area contributed by atoms with Crippen molar-refractivity contribution in [3.63, 3.8) is 0 Å². The van der Waals surface area contributed by atoms with Crippen molar-refractivity contribution >= 4 is 121 Å². The topological polar surface area (TPSA) is 1020 Å². The molecule has 48 nitrogen and oxygen atoms in total. The van der Waals surface area contributed by atoms with Crippen molar-refractivity contribution in [2.45, 2.75) is 117 Å². The minimum Gasteiger partial charge on any atom is -0.548 e. The van der Waals surface area contributed by atoms with Gasteiger partial charge in [0.2, 0.25) is 0 Å². The first-order valence-electron chi connectivity index (χ1n) is 25.6. The van der Waals surface area contributed by atoms with E-state index in [1.165, 1.54) is 27.7 Å². The maximum atomic E-state index is 10.1. The summed E-state index contributed by atoms with van der Waals surface area (Å²) in [5, 5.41) is 128. The van der Waals surface area contributed by atoms with Gasteiger partial charge in [0.25, 0.3) is 0 Å². The molecule has 97 heavy (non-hydrogen) atoms. The summed E-state index contributed by atoms with van der Waals surface area (Å²) in [6.45, 7) is 11.2. The molecular weight excluding hydrogens is 1420 g/mol. The van der Waals surface area contributed by atoms with Gasteiger partial charge in [0, 0.05) is 11.5 Å². The minimum atomic E-state index is -1.25. The number of rotatable bonds is 22. The van der Waals surface area contributed by atoms with Gasteiger partial charge in [-0.2, -0.15) is 25.3 Å². The zero-order valence-corrected chi connectivity index (χ0v) is 57.0. The molecule has 46 N–H and O–H groups in total. The van der Waals surface area contributed by atoms with E-state index in [2.05, 4.69) is 71.1 Å². The largest absolute Gasteiger partial charge is 2.00 e. The summed E-state index contributed by atoms with van der Waals surface area (Å²) in [4.78, 5) is 152. The maximum Gasteiger partial charge on any atom is 2.00 e. The number of carboxylic acids is 16. The second kappa shape index (κ2) is 99.2. The van der Waals surface area contributed by atoms with Gasteiger partial charge in [-0.1, -0.05) is 27.7 Å². The van der Waals surface area contributed by atoms with Crippen molar-refractivity contribution in [1.29, 1.82) is 0 Å². The second-order valence-electron chi connectivity index (χ2n) is 16.7. The average molecular weight is 1520 g/mol. The molecule has 0 bridgehead atoms. The summed E-state index contributed by atoms with van der Waals surface area (Å²) in [6.07, 6.45) is 1.10. The summed E-state index contributed by atoms with van der Waals surface area (Å²) in [6, 6.07) is -6.16. The molecule has 0 aromatic carbocycles. The molecule has 0 aliphatic rings. The molecular formula is C46H106CuN16O32S2. The van der Waals surface area contributed by atoms with Crippen LogP contribution in [0.15, 0.2) is 0 Å². The Morgan fingerprint density at radius 1 is 0.268 bits per heavy atom. The van der Waals surface area contributed by atoms with Gasteiger partial charge in [-0.3, -0.25) is 67.1 Å². The number of thiol groups is 2. The molecule has 0 aliphatic heterocycles. The van der Waals surface area contributed by atoms with Crippen LogP contribution in [-0.2, 0) is 93.8 Å². The number of nitrogens with two attached hydrogens (primary N) is 16. The van der Waals surface area contributed by atoms with Crippen LogP contribution >= 0.6 is 25.3 Å². The van der Waals surface area contributed by atoms with Crippen LogP contribution in [0.3, 0.4) is 0 Å². The molecule has 0 spiro atoms. The van der Waals surface area contributed by atoms with E-state index in [-0.39, 0.29) is 80.9 Å². The smallest absolute Gasteiger partial charge is 0.548 e. The van der Waals surface area contributed by atoms with Gasteiger partial charge in [0.05, 0.1) is 76.4 Å². The van der Waals surface area contributed by atoms with E-state index in [4.69, 9.17) is 117 Å². The molecule has 0 saturated heterocycles. The number of aliphatic carboxylic acids is 16. The summed E-state index contributed by atoms with van der Waals surface area (Å²) >= 11 is 7.22. The fraction of sp³-hybridized carbons (Fsp3) is 0.652. The van der Waals surface area contributed by atoms with Crippen molar-refractivity contribution < 1.29 is 175 Å². The van der Waals surface area contributed by atoms with Gasteiger partial charge >= 0.3 is 101 Å². The quantitative estimate of drug-likeness (QED) is 0.0353.